The van der Waals surface area contributed by atoms with Gasteiger partial charge in [0.2, 0.25) is 5.91 Å². The summed E-state index contributed by atoms with van der Waals surface area (Å²) in [5, 5.41) is 10.5. The second-order valence-corrected chi connectivity index (χ2v) is 8.07. The molecule has 2 aromatic rings. The zero-order chi connectivity index (χ0) is 17.8. The molecule has 0 saturated carbocycles. The number of esters is 1. The van der Waals surface area contributed by atoms with Gasteiger partial charge in [0, 0.05) is 4.88 Å². The Kier molecular flexibility index (Phi) is 5.74. The van der Waals surface area contributed by atoms with Crippen LogP contribution in [-0.2, 0) is 22.4 Å². The van der Waals surface area contributed by atoms with Crippen molar-refractivity contribution in [2.24, 2.45) is 0 Å². The van der Waals surface area contributed by atoms with Crippen LogP contribution in [0.2, 0.25) is 0 Å². The third-order valence-corrected chi connectivity index (χ3v) is 5.79. The van der Waals surface area contributed by atoms with Gasteiger partial charge in [0.1, 0.15) is 11.3 Å². The van der Waals surface area contributed by atoms with Gasteiger partial charge in [0.25, 0.3) is 0 Å². The molecule has 25 heavy (non-hydrogen) atoms. The van der Waals surface area contributed by atoms with Gasteiger partial charge in [0.15, 0.2) is 5.16 Å². The first-order chi connectivity index (χ1) is 12.0. The van der Waals surface area contributed by atoms with E-state index in [1.807, 2.05) is 13.8 Å². The summed E-state index contributed by atoms with van der Waals surface area (Å²) in [5.74, 6) is -0.345. The van der Waals surface area contributed by atoms with Gasteiger partial charge in [-0.25, -0.2) is 9.78 Å². The molecule has 0 spiro atoms. The number of aromatic amines is 1. The molecule has 0 radical (unpaired) electrons. The predicted molar refractivity (Wildman–Crippen MR) is 97.2 cm³/mol. The van der Waals surface area contributed by atoms with Crippen molar-refractivity contribution in [3.05, 3.63) is 22.3 Å². The number of hydrogen-bond acceptors (Lipinski definition) is 7. The fourth-order valence-electron chi connectivity index (χ4n) is 2.70. The topological polar surface area (TPSA) is 97.0 Å². The van der Waals surface area contributed by atoms with Crippen LogP contribution in [0.4, 0.5) is 5.00 Å². The van der Waals surface area contributed by atoms with E-state index in [1.165, 1.54) is 34.3 Å². The zero-order valence-corrected chi connectivity index (χ0v) is 15.8. The minimum Gasteiger partial charge on any atom is -0.459 e. The number of rotatable bonds is 6. The normalized spacial score (nSPS) is 13.6. The lowest BCUT2D eigenvalue weighted by Crippen LogP contribution is -2.18. The number of amides is 1. The molecule has 1 amide bonds. The molecule has 2 heterocycles. The molecule has 0 atom stereocenters. The van der Waals surface area contributed by atoms with E-state index in [2.05, 4.69) is 20.5 Å². The van der Waals surface area contributed by atoms with Crippen LogP contribution in [0.1, 0.15) is 47.5 Å². The number of nitrogens with one attached hydrogen (secondary N) is 2. The Labute approximate surface area is 153 Å². The predicted octanol–water partition coefficient (Wildman–Crippen LogP) is 3.04. The summed E-state index contributed by atoms with van der Waals surface area (Å²) in [6.45, 7) is 3.64. The molecule has 2 aromatic heterocycles. The second-order valence-electron chi connectivity index (χ2n) is 6.00. The molecule has 0 aromatic carbocycles. The highest BCUT2D eigenvalue weighted by Crippen LogP contribution is 2.38. The van der Waals surface area contributed by atoms with E-state index in [4.69, 9.17) is 4.74 Å². The fourth-order valence-corrected chi connectivity index (χ4v) is 4.58. The molecule has 9 heteroatoms. The molecule has 0 unspecified atom stereocenters. The van der Waals surface area contributed by atoms with E-state index in [1.54, 1.807) is 0 Å². The van der Waals surface area contributed by atoms with Crippen molar-refractivity contribution in [3.63, 3.8) is 0 Å². The summed E-state index contributed by atoms with van der Waals surface area (Å²) in [7, 11) is 0. The smallest absolute Gasteiger partial charge is 0.341 e. The monoisotopic (exact) mass is 380 g/mol. The molecular formula is C16H20N4O3S2. The van der Waals surface area contributed by atoms with Crippen molar-refractivity contribution in [1.29, 1.82) is 0 Å². The maximum atomic E-state index is 12.5. The third-order valence-electron chi connectivity index (χ3n) is 3.70. The molecule has 7 nitrogen and oxygen atoms in total. The van der Waals surface area contributed by atoms with Gasteiger partial charge in [-0.05, 0) is 45.1 Å². The largest absolute Gasteiger partial charge is 0.459 e. The maximum absolute atomic E-state index is 12.5. The first-order valence-electron chi connectivity index (χ1n) is 8.18. The average Bonchev–Trinajstić information content (AvgIpc) is 3.19. The summed E-state index contributed by atoms with van der Waals surface area (Å²) >= 11 is 2.75. The number of fused-ring (bicyclic) bond motifs is 1. The first kappa shape index (κ1) is 17.9. The summed E-state index contributed by atoms with van der Waals surface area (Å²) in [6, 6.07) is 0. The van der Waals surface area contributed by atoms with E-state index < -0.39 is 0 Å². The second kappa shape index (κ2) is 8.01. The maximum Gasteiger partial charge on any atom is 0.341 e. The number of carbonyl (C=O) groups excluding carboxylic acids is 2. The molecular weight excluding hydrogens is 360 g/mol. The third kappa shape index (κ3) is 4.40. The average molecular weight is 380 g/mol. The minimum atomic E-state index is -0.354. The highest BCUT2D eigenvalue weighted by atomic mass is 32.2. The van der Waals surface area contributed by atoms with Crippen LogP contribution in [0, 0.1) is 0 Å². The van der Waals surface area contributed by atoms with Crippen molar-refractivity contribution in [1.82, 2.24) is 15.2 Å². The summed E-state index contributed by atoms with van der Waals surface area (Å²) < 4.78 is 5.39. The SMILES string of the molecule is CC(C)OC(=O)c1c(NC(=O)CSc2ncn[nH]2)sc2c1CCCC2. The number of anilines is 1. The Bertz CT molecular complexity index is 756. The molecule has 1 aliphatic rings. The Hall–Kier alpha value is -1.87. The molecule has 0 fully saturated rings. The quantitative estimate of drug-likeness (QED) is 0.590. The lowest BCUT2D eigenvalue weighted by atomic mass is 9.95. The van der Waals surface area contributed by atoms with E-state index in [-0.39, 0.29) is 23.7 Å². The lowest BCUT2D eigenvalue weighted by Gasteiger charge is -2.14. The number of carbonyl (C=O) groups is 2. The Morgan fingerprint density at radius 1 is 1.40 bits per heavy atom. The molecule has 3 rings (SSSR count). The van der Waals surface area contributed by atoms with Gasteiger partial charge in [-0.3, -0.25) is 9.89 Å². The number of nitrogens with zero attached hydrogens (tertiary/aromatic N) is 2. The van der Waals surface area contributed by atoms with Crippen molar-refractivity contribution < 1.29 is 14.3 Å². The van der Waals surface area contributed by atoms with Crippen LogP contribution in [0.25, 0.3) is 0 Å². The number of hydrogen-bond donors (Lipinski definition) is 2. The van der Waals surface area contributed by atoms with Crippen LogP contribution in [0.5, 0.6) is 0 Å². The van der Waals surface area contributed by atoms with Crippen LogP contribution in [-0.4, -0.2) is 38.9 Å². The number of thiophene rings is 1. The van der Waals surface area contributed by atoms with E-state index in [0.717, 1.165) is 31.2 Å². The van der Waals surface area contributed by atoms with E-state index >= 15 is 0 Å². The van der Waals surface area contributed by atoms with E-state index in [9.17, 15) is 9.59 Å². The number of aromatic nitrogens is 3. The van der Waals surface area contributed by atoms with Crippen molar-refractivity contribution >= 4 is 40.0 Å². The highest BCUT2D eigenvalue weighted by Gasteiger charge is 2.27. The molecule has 1 aliphatic carbocycles. The molecule has 134 valence electrons. The Balaban J connectivity index is 1.76. The van der Waals surface area contributed by atoms with E-state index in [0.29, 0.717) is 15.7 Å². The summed E-state index contributed by atoms with van der Waals surface area (Å²) in [4.78, 5) is 30.0. The number of aryl methyl sites for hydroxylation is 1. The van der Waals surface area contributed by atoms with Crippen molar-refractivity contribution in [2.75, 3.05) is 11.1 Å². The minimum absolute atomic E-state index is 0.182. The van der Waals surface area contributed by atoms with Crippen LogP contribution in [0.3, 0.4) is 0 Å². The zero-order valence-electron chi connectivity index (χ0n) is 14.1. The van der Waals surface area contributed by atoms with Crippen molar-refractivity contribution in [2.45, 2.75) is 50.8 Å². The number of H-pyrrole nitrogens is 1. The summed E-state index contributed by atoms with van der Waals surface area (Å²) in [6.07, 6.45) is 5.17. The van der Waals surface area contributed by atoms with Gasteiger partial charge in [0.05, 0.1) is 17.4 Å². The molecule has 0 bridgehead atoms. The van der Waals surface area contributed by atoms with Crippen LogP contribution < -0.4 is 5.32 Å². The standard InChI is InChI=1S/C16H20N4O3S2/c1-9(2)23-15(22)13-10-5-3-4-6-11(10)25-14(13)19-12(21)7-24-16-17-8-18-20-16/h8-9H,3-7H2,1-2H3,(H,19,21)(H,17,18,20). The Morgan fingerprint density at radius 2 is 2.20 bits per heavy atom. The fraction of sp³-hybridized carbons (Fsp3) is 0.500. The van der Waals surface area contributed by atoms with Crippen molar-refractivity contribution in [3.8, 4) is 0 Å². The Morgan fingerprint density at radius 3 is 2.92 bits per heavy atom. The first-order valence-corrected chi connectivity index (χ1v) is 9.98. The number of ether oxygens (including phenoxy) is 1. The van der Waals surface area contributed by atoms with Gasteiger partial charge < -0.3 is 10.1 Å². The van der Waals surface area contributed by atoms with Gasteiger partial charge in [-0.1, -0.05) is 11.8 Å². The van der Waals surface area contributed by atoms with Crippen LogP contribution >= 0.6 is 23.1 Å². The number of thioether (sulfide) groups is 1. The van der Waals surface area contributed by atoms with Crippen LogP contribution in [0.15, 0.2) is 11.5 Å². The van der Waals surface area contributed by atoms with Gasteiger partial charge in [-0.15, -0.1) is 11.3 Å². The lowest BCUT2D eigenvalue weighted by molar-refractivity contribution is -0.113. The molecule has 0 saturated heterocycles. The highest BCUT2D eigenvalue weighted by molar-refractivity contribution is 7.99. The van der Waals surface area contributed by atoms with Gasteiger partial charge >= 0.3 is 5.97 Å². The molecule has 0 aliphatic heterocycles. The van der Waals surface area contributed by atoms with Gasteiger partial charge in [-0.2, -0.15) is 5.10 Å². The molecule has 2 N–H and O–H groups in total. The summed E-state index contributed by atoms with van der Waals surface area (Å²) in [5.41, 5.74) is 1.58.